The average molecular weight is 392 g/mol. The third-order valence-corrected chi connectivity index (χ3v) is 5.64. The number of rotatable bonds is 1. The summed E-state index contributed by atoms with van der Waals surface area (Å²) in [6.45, 7) is 1.19. The van der Waals surface area contributed by atoms with E-state index in [1.165, 1.54) is 5.57 Å². The second-order valence-corrected chi connectivity index (χ2v) is 7.04. The maximum absolute atomic E-state index is 12.6. The number of hydrogen-bond acceptors (Lipinski definition) is 8. The molecule has 1 aromatic carbocycles. The van der Waals surface area contributed by atoms with Crippen LogP contribution in [0.3, 0.4) is 0 Å². The van der Waals surface area contributed by atoms with E-state index >= 15 is 0 Å². The molecule has 2 unspecified atom stereocenters. The van der Waals surface area contributed by atoms with Crippen molar-refractivity contribution in [1.29, 1.82) is 0 Å². The zero-order chi connectivity index (χ0) is 20.0. The lowest BCUT2D eigenvalue weighted by Crippen LogP contribution is -2.51. The highest BCUT2D eigenvalue weighted by Crippen LogP contribution is 2.49. The van der Waals surface area contributed by atoms with Crippen LogP contribution < -0.4 is 9.47 Å². The number of esters is 1. The van der Waals surface area contributed by atoms with Crippen LogP contribution in [0, 0.1) is 10.1 Å². The number of benzene rings is 1. The number of nitrogens with zero attached hydrogens (tertiary/aromatic N) is 2. The van der Waals surface area contributed by atoms with Gasteiger partial charge in [-0.1, -0.05) is 11.6 Å². The van der Waals surface area contributed by atoms with Crippen LogP contribution >= 0.6 is 0 Å². The standard InChI is InChI=1S/C18H19NO5.HNO3/c1-19-4-3-9-5-14(21-2)17-15(16(9)19)10-6-12-13(23-8-22-12)7-11(10)18(20)24-17;2-1(3)4/h5-7,14-17H,3-4,8H2,1-2H3;(H,2,3,4)/t14-,15?,16+,17?;/m1./s1. The lowest BCUT2D eigenvalue weighted by atomic mass is 9.73. The Morgan fingerprint density at radius 3 is 2.68 bits per heavy atom. The van der Waals surface area contributed by atoms with Crippen LogP contribution in [-0.2, 0) is 9.47 Å². The molecule has 1 aliphatic carbocycles. The molecule has 4 atom stereocenters. The fourth-order valence-corrected chi connectivity index (χ4v) is 4.54. The van der Waals surface area contributed by atoms with Crippen LogP contribution in [-0.4, -0.2) is 66.9 Å². The molecule has 10 nitrogen and oxygen atoms in total. The van der Waals surface area contributed by atoms with E-state index in [-0.39, 0.29) is 36.9 Å². The largest absolute Gasteiger partial charge is 0.455 e. The first kappa shape index (κ1) is 18.5. The van der Waals surface area contributed by atoms with Gasteiger partial charge in [0.05, 0.1) is 5.56 Å². The first-order valence-corrected chi connectivity index (χ1v) is 8.82. The van der Waals surface area contributed by atoms with Crippen LogP contribution in [0.25, 0.3) is 0 Å². The van der Waals surface area contributed by atoms with Crippen molar-refractivity contribution in [3.8, 4) is 11.5 Å². The number of carbonyl (C=O) groups is 1. The molecule has 10 heteroatoms. The van der Waals surface area contributed by atoms with Crippen molar-refractivity contribution in [3.05, 3.63) is 45.0 Å². The predicted molar refractivity (Wildman–Crippen MR) is 93.2 cm³/mol. The Morgan fingerprint density at radius 1 is 1.32 bits per heavy atom. The number of carbonyl (C=O) groups excluding carboxylic acids is 1. The normalized spacial score (nSPS) is 29.5. The molecule has 5 rings (SSSR count). The molecular weight excluding hydrogens is 372 g/mol. The molecule has 1 saturated heterocycles. The van der Waals surface area contributed by atoms with Crippen molar-refractivity contribution in [2.45, 2.75) is 30.6 Å². The SMILES string of the molecule is CO[C@@H]1C=C2CCN(C)[C@@H]2C2c3cc4c(cc3C(=O)OC21)OCO4.O=[N+]([O-])O. The second-order valence-electron chi connectivity index (χ2n) is 7.04. The molecule has 0 bridgehead atoms. The van der Waals surface area contributed by atoms with Gasteiger partial charge in [0.2, 0.25) is 6.79 Å². The van der Waals surface area contributed by atoms with Crippen molar-refractivity contribution in [1.82, 2.24) is 4.90 Å². The Balaban J connectivity index is 0.000000442. The lowest BCUT2D eigenvalue weighted by Gasteiger charge is -2.44. The Bertz CT molecular complexity index is 850. The van der Waals surface area contributed by atoms with E-state index in [9.17, 15) is 4.79 Å². The van der Waals surface area contributed by atoms with Gasteiger partial charge in [0, 0.05) is 25.6 Å². The average Bonchev–Trinajstić information content (AvgIpc) is 3.25. The van der Waals surface area contributed by atoms with E-state index in [1.807, 2.05) is 6.07 Å². The summed E-state index contributed by atoms with van der Waals surface area (Å²) in [5.74, 6) is 1.04. The minimum atomic E-state index is -1.50. The van der Waals surface area contributed by atoms with Crippen LogP contribution in [0.4, 0.5) is 0 Å². The Labute approximate surface area is 160 Å². The summed E-state index contributed by atoms with van der Waals surface area (Å²) >= 11 is 0. The monoisotopic (exact) mass is 392 g/mol. The maximum atomic E-state index is 12.6. The highest BCUT2D eigenvalue weighted by atomic mass is 16.9. The van der Waals surface area contributed by atoms with Gasteiger partial charge in [-0.2, -0.15) is 0 Å². The number of ether oxygens (including phenoxy) is 4. The molecule has 150 valence electrons. The molecule has 0 saturated carbocycles. The van der Waals surface area contributed by atoms with Gasteiger partial charge < -0.3 is 24.2 Å². The van der Waals surface area contributed by atoms with E-state index in [0.29, 0.717) is 17.1 Å². The summed E-state index contributed by atoms with van der Waals surface area (Å²) in [6.07, 6.45) is 2.64. The Kier molecular flexibility index (Phi) is 4.60. The molecule has 0 spiro atoms. The van der Waals surface area contributed by atoms with E-state index in [4.69, 9.17) is 34.3 Å². The van der Waals surface area contributed by atoms with Crippen molar-refractivity contribution >= 4 is 5.97 Å². The predicted octanol–water partition coefficient (Wildman–Crippen LogP) is 1.35. The molecule has 0 aromatic heterocycles. The molecule has 3 aliphatic heterocycles. The molecule has 1 aromatic rings. The fourth-order valence-electron chi connectivity index (χ4n) is 4.54. The molecule has 0 radical (unpaired) electrons. The molecule has 1 N–H and O–H groups in total. The first-order chi connectivity index (χ1) is 13.4. The fraction of sp³-hybridized carbons (Fsp3) is 0.500. The maximum Gasteiger partial charge on any atom is 0.338 e. The number of fused-ring (bicyclic) bond motifs is 6. The molecule has 0 amide bonds. The van der Waals surface area contributed by atoms with Gasteiger partial charge in [-0.3, -0.25) is 4.90 Å². The first-order valence-electron chi connectivity index (χ1n) is 8.82. The van der Waals surface area contributed by atoms with E-state index in [2.05, 4.69) is 18.0 Å². The number of methoxy groups -OCH3 is 1. The van der Waals surface area contributed by atoms with Crippen LogP contribution in [0.2, 0.25) is 0 Å². The molecule has 28 heavy (non-hydrogen) atoms. The minimum absolute atomic E-state index is 0.0460. The van der Waals surface area contributed by atoms with Crippen molar-refractivity contribution in [3.63, 3.8) is 0 Å². The van der Waals surface area contributed by atoms with E-state index < -0.39 is 5.09 Å². The number of hydrogen-bond donors (Lipinski definition) is 1. The summed E-state index contributed by atoms with van der Waals surface area (Å²) in [5.41, 5.74) is 2.93. The van der Waals surface area contributed by atoms with Gasteiger partial charge in [0.25, 0.3) is 5.09 Å². The molecular formula is C18H20N2O8. The van der Waals surface area contributed by atoms with Gasteiger partial charge in [-0.25, -0.2) is 4.79 Å². The number of likely N-dealkylation sites (tertiary alicyclic amines) is 1. The van der Waals surface area contributed by atoms with Crippen LogP contribution in [0.1, 0.15) is 28.3 Å². The van der Waals surface area contributed by atoms with Gasteiger partial charge in [-0.05, 0) is 31.2 Å². The zero-order valence-electron chi connectivity index (χ0n) is 15.4. The quantitative estimate of drug-likeness (QED) is 0.327. The minimum Gasteiger partial charge on any atom is -0.455 e. The summed E-state index contributed by atoms with van der Waals surface area (Å²) in [5, 5.41) is 13.6. The number of likely N-dealkylation sites (N-methyl/N-ethyl adjacent to an activating group) is 1. The van der Waals surface area contributed by atoms with Gasteiger partial charge in [-0.15, -0.1) is 10.1 Å². The third-order valence-electron chi connectivity index (χ3n) is 5.64. The lowest BCUT2D eigenvalue weighted by molar-refractivity contribution is -0.742. The molecule has 4 aliphatic rings. The summed E-state index contributed by atoms with van der Waals surface area (Å²) in [7, 11) is 3.79. The Hall–Kier alpha value is -2.85. The van der Waals surface area contributed by atoms with Gasteiger partial charge in [0.1, 0.15) is 12.2 Å². The highest BCUT2D eigenvalue weighted by Gasteiger charge is 2.51. The van der Waals surface area contributed by atoms with Gasteiger partial charge in [0.15, 0.2) is 11.5 Å². The zero-order valence-corrected chi connectivity index (χ0v) is 15.4. The Morgan fingerprint density at radius 2 is 2.00 bits per heavy atom. The van der Waals surface area contributed by atoms with Crippen molar-refractivity contribution in [2.75, 3.05) is 27.5 Å². The van der Waals surface area contributed by atoms with Crippen molar-refractivity contribution < 1.29 is 34.0 Å². The van der Waals surface area contributed by atoms with Crippen LogP contribution in [0.15, 0.2) is 23.8 Å². The summed E-state index contributed by atoms with van der Waals surface area (Å²) in [4.78, 5) is 23.3. The third kappa shape index (κ3) is 2.94. The molecule has 1 fully saturated rings. The second kappa shape index (κ2) is 6.95. The highest BCUT2D eigenvalue weighted by molar-refractivity contribution is 5.94. The van der Waals surface area contributed by atoms with Gasteiger partial charge >= 0.3 is 5.97 Å². The van der Waals surface area contributed by atoms with E-state index in [1.54, 1.807) is 13.2 Å². The topological polar surface area (TPSA) is 121 Å². The van der Waals surface area contributed by atoms with E-state index in [0.717, 1.165) is 18.5 Å². The summed E-state index contributed by atoms with van der Waals surface area (Å²) < 4.78 is 22.4. The van der Waals surface area contributed by atoms with Crippen LogP contribution in [0.5, 0.6) is 11.5 Å². The molecule has 3 heterocycles. The summed E-state index contributed by atoms with van der Waals surface area (Å²) in [6, 6.07) is 3.94. The smallest absolute Gasteiger partial charge is 0.338 e. The van der Waals surface area contributed by atoms with Crippen molar-refractivity contribution in [2.24, 2.45) is 0 Å².